The number of aliphatic hydroxyl groups is 2. The number of nitrogens with zero attached hydrogens (tertiary/aromatic N) is 1. The van der Waals surface area contributed by atoms with Crippen LogP contribution in [0.25, 0.3) is 0 Å². The predicted molar refractivity (Wildman–Crippen MR) is 73.2 cm³/mol. The first-order valence-corrected chi connectivity index (χ1v) is 6.79. The second-order valence-corrected chi connectivity index (χ2v) is 4.70. The maximum absolute atomic E-state index is 13.7. The molecule has 0 spiro atoms. The Labute approximate surface area is 138 Å². The van der Waals surface area contributed by atoms with Gasteiger partial charge in [0, 0.05) is 20.6 Å². The number of hydrogen-bond acceptors (Lipinski definition) is 5. The van der Waals surface area contributed by atoms with E-state index in [4.69, 9.17) is 9.84 Å². The molecule has 11 heteroatoms. The zero-order valence-electron chi connectivity index (χ0n) is 13.1. The van der Waals surface area contributed by atoms with E-state index < -0.39 is 65.7 Å². The molecule has 5 nitrogen and oxygen atoms in total. The third-order valence-electron chi connectivity index (χ3n) is 3.28. The van der Waals surface area contributed by atoms with Crippen molar-refractivity contribution in [2.45, 2.75) is 24.9 Å². The normalized spacial score (nSPS) is 20.5. The highest BCUT2D eigenvalue weighted by Crippen LogP contribution is 2.28. The highest BCUT2D eigenvalue weighted by Gasteiger charge is 2.37. The Morgan fingerprint density at radius 3 is 1.96 bits per heavy atom. The van der Waals surface area contributed by atoms with E-state index in [1.54, 1.807) is 0 Å². The summed E-state index contributed by atoms with van der Waals surface area (Å²) in [5.41, 5.74) is -1.39. The molecule has 1 aromatic carbocycles. The number of alkyl halides is 1. The number of rotatable bonds is 5. The van der Waals surface area contributed by atoms with Crippen molar-refractivity contribution in [2.75, 3.05) is 20.9 Å². The molecule has 2 N–H and O–H groups in total. The molecule has 25 heavy (non-hydrogen) atoms. The topological polar surface area (TPSA) is 71.3 Å². The maximum Gasteiger partial charge on any atom is 0.225 e. The van der Waals surface area contributed by atoms with E-state index in [-0.39, 0.29) is 6.42 Å². The third kappa shape index (κ3) is 4.22. The molecule has 1 aliphatic rings. The Morgan fingerprint density at radius 1 is 1.04 bits per heavy atom. The standard InChI is InChI=1S/C13H11F6NO3.CH4O/c1-22-4(3-14)2-5-13(21)23-12(20-5)6-7(15)9(17)11(19)10(18)8(6)16;1-2/h4-5,13,21H,2-3H2,1H3;2H,1H3. The summed E-state index contributed by atoms with van der Waals surface area (Å²) < 4.78 is 88.6. The lowest BCUT2D eigenvalue weighted by atomic mass is 10.1. The minimum atomic E-state index is -2.32. The van der Waals surface area contributed by atoms with E-state index in [0.29, 0.717) is 0 Å². The monoisotopic (exact) mass is 375 g/mol. The zero-order chi connectivity index (χ0) is 19.3. The first kappa shape index (κ1) is 21.2. The molecule has 0 saturated heterocycles. The van der Waals surface area contributed by atoms with Crippen LogP contribution in [0.5, 0.6) is 0 Å². The van der Waals surface area contributed by atoms with Gasteiger partial charge in [0.2, 0.25) is 18.0 Å². The van der Waals surface area contributed by atoms with Crippen molar-refractivity contribution in [2.24, 2.45) is 4.99 Å². The van der Waals surface area contributed by atoms with E-state index in [1.807, 2.05) is 0 Å². The van der Waals surface area contributed by atoms with E-state index >= 15 is 0 Å². The smallest absolute Gasteiger partial charge is 0.225 e. The van der Waals surface area contributed by atoms with Gasteiger partial charge < -0.3 is 19.7 Å². The van der Waals surface area contributed by atoms with Crippen LogP contribution in [0, 0.1) is 29.1 Å². The lowest BCUT2D eigenvalue weighted by Gasteiger charge is -2.16. The van der Waals surface area contributed by atoms with Crippen LogP contribution in [-0.4, -0.2) is 55.4 Å². The summed E-state index contributed by atoms with van der Waals surface area (Å²) in [5, 5.41) is 16.6. The van der Waals surface area contributed by atoms with Crippen LogP contribution in [0.3, 0.4) is 0 Å². The van der Waals surface area contributed by atoms with Crippen molar-refractivity contribution in [1.29, 1.82) is 0 Å². The molecule has 0 bridgehead atoms. The van der Waals surface area contributed by atoms with Crippen LogP contribution in [-0.2, 0) is 9.47 Å². The molecule has 3 unspecified atom stereocenters. The lowest BCUT2D eigenvalue weighted by molar-refractivity contribution is -0.0416. The van der Waals surface area contributed by atoms with Gasteiger partial charge in [-0.15, -0.1) is 0 Å². The van der Waals surface area contributed by atoms with Gasteiger partial charge >= 0.3 is 0 Å². The van der Waals surface area contributed by atoms with Crippen molar-refractivity contribution in [3.63, 3.8) is 0 Å². The molecular formula is C14H15F6NO4. The van der Waals surface area contributed by atoms with Gasteiger partial charge in [-0.05, 0) is 0 Å². The Kier molecular flexibility index (Phi) is 7.64. The lowest BCUT2D eigenvalue weighted by Crippen LogP contribution is -2.28. The molecule has 0 saturated carbocycles. The van der Waals surface area contributed by atoms with Gasteiger partial charge in [-0.25, -0.2) is 31.3 Å². The van der Waals surface area contributed by atoms with E-state index in [0.717, 1.165) is 7.11 Å². The van der Waals surface area contributed by atoms with E-state index in [2.05, 4.69) is 9.73 Å². The van der Waals surface area contributed by atoms with Gasteiger partial charge in [0.15, 0.2) is 23.3 Å². The van der Waals surface area contributed by atoms with Crippen molar-refractivity contribution < 1.29 is 46.0 Å². The largest absolute Gasteiger partial charge is 0.445 e. The van der Waals surface area contributed by atoms with Crippen LogP contribution in [0.4, 0.5) is 26.3 Å². The fourth-order valence-electron chi connectivity index (χ4n) is 2.01. The van der Waals surface area contributed by atoms with E-state index in [1.165, 1.54) is 7.11 Å². The SMILES string of the molecule is CO.COC(CF)CC1N=C(c2c(F)c(F)c(F)c(F)c2F)OC1O. The predicted octanol–water partition coefficient (Wildman–Crippen LogP) is 1.83. The molecular weight excluding hydrogens is 360 g/mol. The Morgan fingerprint density at radius 2 is 1.52 bits per heavy atom. The summed E-state index contributed by atoms with van der Waals surface area (Å²) in [6, 6.07) is -1.18. The van der Waals surface area contributed by atoms with Crippen LogP contribution >= 0.6 is 0 Å². The number of ether oxygens (including phenoxy) is 2. The molecule has 1 heterocycles. The molecule has 1 aliphatic heterocycles. The zero-order valence-corrected chi connectivity index (χ0v) is 13.1. The summed E-state index contributed by atoms with van der Waals surface area (Å²) in [4.78, 5) is 3.57. The molecule has 0 amide bonds. The first-order chi connectivity index (χ1) is 11.8. The number of aliphatic hydroxyl groups excluding tert-OH is 2. The maximum atomic E-state index is 13.7. The quantitative estimate of drug-likeness (QED) is 0.468. The summed E-state index contributed by atoms with van der Waals surface area (Å²) in [6.07, 6.45) is -2.92. The third-order valence-corrected chi connectivity index (χ3v) is 3.28. The molecule has 142 valence electrons. The number of aliphatic imine (C=N–C) groups is 1. The molecule has 1 aromatic rings. The number of methoxy groups -OCH3 is 1. The number of benzene rings is 1. The van der Waals surface area contributed by atoms with E-state index in [9.17, 15) is 31.4 Å². The highest BCUT2D eigenvalue weighted by atomic mass is 19.2. The highest BCUT2D eigenvalue weighted by molar-refractivity contribution is 5.96. The number of halogens is 6. The summed E-state index contributed by atoms with van der Waals surface area (Å²) in [7, 11) is 2.20. The Balaban J connectivity index is 0.00000151. The van der Waals surface area contributed by atoms with Gasteiger partial charge in [-0.1, -0.05) is 0 Å². The number of hydrogen-bond donors (Lipinski definition) is 2. The van der Waals surface area contributed by atoms with Crippen molar-refractivity contribution in [1.82, 2.24) is 0 Å². The average molecular weight is 375 g/mol. The fraction of sp³-hybridized carbons (Fsp3) is 0.500. The van der Waals surface area contributed by atoms with Crippen LogP contribution in [0.2, 0.25) is 0 Å². The summed E-state index contributed by atoms with van der Waals surface area (Å²) in [5.74, 6) is -11.9. The minimum Gasteiger partial charge on any atom is -0.445 e. The molecule has 0 aliphatic carbocycles. The van der Waals surface area contributed by atoms with Crippen molar-refractivity contribution >= 4 is 5.90 Å². The summed E-state index contributed by atoms with van der Waals surface area (Å²) in [6.45, 7) is -0.924. The Hall–Kier alpha value is -1.85. The molecule has 0 aromatic heterocycles. The minimum absolute atomic E-state index is 0.215. The summed E-state index contributed by atoms with van der Waals surface area (Å²) >= 11 is 0. The van der Waals surface area contributed by atoms with Crippen LogP contribution < -0.4 is 0 Å². The van der Waals surface area contributed by atoms with Gasteiger partial charge in [0.25, 0.3) is 0 Å². The molecule has 0 radical (unpaired) electrons. The second kappa shape index (κ2) is 9.02. The Bertz CT molecular complexity index is 609. The second-order valence-electron chi connectivity index (χ2n) is 4.70. The van der Waals surface area contributed by atoms with Gasteiger partial charge in [-0.3, -0.25) is 0 Å². The fourth-order valence-corrected chi connectivity index (χ4v) is 2.01. The molecule has 3 atom stereocenters. The van der Waals surface area contributed by atoms with Gasteiger partial charge in [0.05, 0.1) is 6.10 Å². The van der Waals surface area contributed by atoms with Crippen molar-refractivity contribution in [3.05, 3.63) is 34.6 Å². The van der Waals surface area contributed by atoms with Gasteiger partial charge in [0.1, 0.15) is 18.3 Å². The molecule has 2 rings (SSSR count). The average Bonchev–Trinajstić information content (AvgIpc) is 2.98. The first-order valence-electron chi connectivity index (χ1n) is 6.79. The van der Waals surface area contributed by atoms with Crippen molar-refractivity contribution in [3.8, 4) is 0 Å². The molecule has 0 fully saturated rings. The van der Waals surface area contributed by atoms with Gasteiger partial charge in [-0.2, -0.15) is 0 Å². The van der Waals surface area contributed by atoms with Crippen LogP contribution in [0.15, 0.2) is 4.99 Å². The van der Waals surface area contributed by atoms with Crippen LogP contribution in [0.1, 0.15) is 12.0 Å².